The summed E-state index contributed by atoms with van der Waals surface area (Å²) < 4.78 is 10.9. The molecule has 2 rings (SSSR count). The Morgan fingerprint density at radius 2 is 2.29 bits per heavy atom. The maximum atomic E-state index is 5.79. The van der Waals surface area contributed by atoms with Crippen LogP contribution in [-0.2, 0) is 4.74 Å². The van der Waals surface area contributed by atoms with Gasteiger partial charge >= 0.3 is 0 Å². The number of benzene rings is 1. The van der Waals surface area contributed by atoms with Gasteiger partial charge in [-0.05, 0) is 24.6 Å². The summed E-state index contributed by atoms with van der Waals surface area (Å²) in [6.45, 7) is 4.26. The van der Waals surface area contributed by atoms with Crippen LogP contribution in [0.1, 0.15) is 5.56 Å². The first-order valence-electron chi connectivity index (χ1n) is 5.31. The standard InChI is InChI=1S/C12H16N2O2.ClH/c1-9-2-3-11(13)12(6-9)16-8-10-7-14-4-5-15-10;/h2-3,6,8,14H,4-5,7,13H2,1H3;1H. The van der Waals surface area contributed by atoms with E-state index in [0.29, 0.717) is 24.6 Å². The minimum absolute atomic E-state index is 0. The summed E-state index contributed by atoms with van der Waals surface area (Å²) in [5.41, 5.74) is 7.54. The van der Waals surface area contributed by atoms with Gasteiger partial charge in [-0.2, -0.15) is 0 Å². The van der Waals surface area contributed by atoms with Crippen LogP contribution in [0.5, 0.6) is 5.75 Å². The molecule has 3 N–H and O–H groups in total. The van der Waals surface area contributed by atoms with E-state index in [1.54, 1.807) is 6.26 Å². The molecule has 1 heterocycles. The largest absolute Gasteiger partial charge is 0.492 e. The number of hydrogen-bond donors (Lipinski definition) is 2. The third-order valence-corrected chi connectivity index (χ3v) is 2.35. The summed E-state index contributed by atoms with van der Waals surface area (Å²) in [4.78, 5) is 0. The molecule has 17 heavy (non-hydrogen) atoms. The molecule has 4 nitrogen and oxygen atoms in total. The number of nitrogen functional groups attached to an aromatic ring is 1. The van der Waals surface area contributed by atoms with Crippen molar-refractivity contribution in [3.8, 4) is 5.75 Å². The fraction of sp³-hybridized carbons (Fsp3) is 0.333. The van der Waals surface area contributed by atoms with Crippen LogP contribution in [0.2, 0.25) is 0 Å². The van der Waals surface area contributed by atoms with E-state index in [4.69, 9.17) is 15.2 Å². The molecule has 1 fully saturated rings. The zero-order chi connectivity index (χ0) is 11.4. The van der Waals surface area contributed by atoms with Gasteiger partial charge in [0.2, 0.25) is 0 Å². The lowest BCUT2D eigenvalue weighted by Gasteiger charge is -2.17. The molecule has 1 aliphatic rings. The zero-order valence-corrected chi connectivity index (χ0v) is 10.5. The van der Waals surface area contributed by atoms with Crippen LogP contribution in [0.4, 0.5) is 5.69 Å². The second kappa shape index (κ2) is 6.37. The fourth-order valence-corrected chi connectivity index (χ4v) is 1.47. The van der Waals surface area contributed by atoms with Crippen molar-refractivity contribution in [2.45, 2.75) is 6.92 Å². The van der Waals surface area contributed by atoms with Gasteiger partial charge in [0.1, 0.15) is 24.4 Å². The maximum absolute atomic E-state index is 5.79. The van der Waals surface area contributed by atoms with Gasteiger partial charge in [-0.15, -0.1) is 12.4 Å². The van der Waals surface area contributed by atoms with E-state index in [2.05, 4.69) is 5.32 Å². The average molecular weight is 257 g/mol. The monoisotopic (exact) mass is 256 g/mol. The lowest BCUT2D eigenvalue weighted by molar-refractivity contribution is 0.168. The summed E-state index contributed by atoms with van der Waals surface area (Å²) in [6, 6.07) is 5.69. The van der Waals surface area contributed by atoms with Crippen molar-refractivity contribution in [1.82, 2.24) is 5.32 Å². The molecule has 0 atom stereocenters. The van der Waals surface area contributed by atoms with Crippen molar-refractivity contribution in [3.63, 3.8) is 0 Å². The van der Waals surface area contributed by atoms with E-state index < -0.39 is 0 Å². The van der Waals surface area contributed by atoms with Crippen molar-refractivity contribution in [2.75, 3.05) is 25.4 Å². The second-order valence-electron chi connectivity index (χ2n) is 3.77. The van der Waals surface area contributed by atoms with Crippen LogP contribution >= 0.6 is 12.4 Å². The van der Waals surface area contributed by atoms with Gasteiger partial charge in [0.25, 0.3) is 0 Å². The highest BCUT2D eigenvalue weighted by molar-refractivity contribution is 5.85. The molecule has 0 bridgehead atoms. The van der Waals surface area contributed by atoms with Crippen molar-refractivity contribution >= 4 is 18.1 Å². The first kappa shape index (κ1) is 13.7. The quantitative estimate of drug-likeness (QED) is 0.626. The van der Waals surface area contributed by atoms with Crippen LogP contribution in [0, 0.1) is 6.92 Å². The summed E-state index contributed by atoms with van der Waals surface area (Å²) in [5, 5.41) is 3.19. The first-order valence-corrected chi connectivity index (χ1v) is 5.31. The number of ether oxygens (including phenoxy) is 2. The number of anilines is 1. The summed E-state index contributed by atoms with van der Waals surface area (Å²) >= 11 is 0. The van der Waals surface area contributed by atoms with Gasteiger partial charge in [0.05, 0.1) is 12.2 Å². The predicted octanol–water partition coefficient (Wildman–Crippen LogP) is 1.84. The number of morpholine rings is 1. The van der Waals surface area contributed by atoms with E-state index in [0.717, 1.165) is 17.9 Å². The number of nitrogens with one attached hydrogen (secondary N) is 1. The summed E-state index contributed by atoms with van der Waals surface area (Å²) in [6.07, 6.45) is 1.61. The molecule has 0 saturated carbocycles. The Hall–Kier alpha value is -1.39. The van der Waals surface area contributed by atoms with E-state index in [9.17, 15) is 0 Å². The highest BCUT2D eigenvalue weighted by Gasteiger charge is 2.06. The van der Waals surface area contributed by atoms with Gasteiger partial charge < -0.3 is 20.5 Å². The Balaban J connectivity index is 0.00000144. The van der Waals surface area contributed by atoms with Crippen LogP contribution in [0.25, 0.3) is 0 Å². The lowest BCUT2D eigenvalue weighted by Crippen LogP contribution is -2.29. The van der Waals surface area contributed by atoms with Crippen molar-refractivity contribution < 1.29 is 9.47 Å². The van der Waals surface area contributed by atoms with Gasteiger partial charge in [0, 0.05) is 6.54 Å². The number of aryl methyl sites for hydroxylation is 1. The fourth-order valence-electron chi connectivity index (χ4n) is 1.47. The molecule has 1 saturated heterocycles. The van der Waals surface area contributed by atoms with Crippen LogP contribution < -0.4 is 15.8 Å². The zero-order valence-electron chi connectivity index (χ0n) is 9.73. The third kappa shape index (κ3) is 3.84. The molecule has 0 unspecified atom stereocenters. The normalized spacial score (nSPS) is 17.1. The van der Waals surface area contributed by atoms with Gasteiger partial charge in [0.15, 0.2) is 0 Å². The van der Waals surface area contributed by atoms with E-state index >= 15 is 0 Å². The number of nitrogens with two attached hydrogens (primary N) is 1. The molecule has 1 aliphatic heterocycles. The molecule has 1 aromatic carbocycles. The Morgan fingerprint density at radius 1 is 1.47 bits per heavy atom. The molecule has 0 amide bonds. The topological polar surface area (TPSA) is 56.5 Å². The molecule has 1 aromatic rings. The van der Waals surface area contributed by atoms with Crippen LogP contribution in [-0.4, -0.2) is 19.7 Å². The molecule has 94 valence electrons. The molecular weight excluding hydrogens is 240 g/mol. The Labute approximate surface area is 107 Å². The highest BCUT2D eigenvalue weighted by Crippen LogP contribution is 2.22. The second-order valence-corrected chi connectivity index (χ2v) is 3.77. The van der Waals surface area contributed by atoms with Gasteiger partial charge in [-0.1, -0.05) is 6.07 Å². The minimum Gasteiger partial charge on any atom is -0.492 e. The minimum atomic E-state index is 0. The number of rotatable bonds is 2. The predicted molar refractivity (Wildman–Crippen MR) is 70.4 cm³/mol. The third-order valence-electron chi connectivity index (χ3n) is 2.35. The number of halogens is 1. The van der Waals surface area contributed by atoms with Crippen molar-refractivity contribution in [1.29, 1.82) is 0 Å². The average Bonchev–Trinajstić information content (AvgIpc) is 2.32. The summed E-state index contributed by atoms with van der Waals surface area (Å²) in [7, 11) is 0. The molecule has 5 heteroatoms. The number of hydrogen-bond acceptors (Lipinski definition) is 4. The molecule has 0 radical (unpaired) electrons. The Bertz CT molecular complexity index is 399. The lowest BCUT2D eigenvalue weighted by atomic mass is 10.2. The molecular formula is C12H17ClN2O2. The van der Waals surface area contributed by atoms with Crippen LogP contribution in [0.3, 0.4) is 0 Å². The van der Waals surface area contributed by atoms with E-state index in [1.165, 1.54) is 0 Å². The van der Waals surface area contributed by atoms with E-state index in [1.807, 2.05) is 25.1 Å². The van der Waals surface area contributed by atoms with Crippen molar-refractivity contribution in [3.05, 3.63) is 35.8 Å². The van der Waals surface area contributed by atoms with Crippen molar-refractivity contribution in [2.24, 2.45) is 0 Å². The molecule has 0 spiro atoms. The molecule has 0 aromatic heterocycles. The molecule has 0 aliphatic carbocycles. The smallest absolute Gasteiger partial charge is 0.149 e. The maximum Gasteiger partial charge on any atom is 0.149 e. The first-order chi connectivity index (χ1) is 7.75. The van der Waals surface area contributed by atoms with Gasteiger partial charge in [-0.3, -0.25) is 0 Å². The Kier molecular flexibility index (Phi) is 5.12. The van der Waals surface area contributed by atoms with Crippen LogP contribution in [0.15, 0.2) is 30.2 Å². The van der Waals surface area contributed by atoms with E-state index in [-0.39, 0.29) is 12.4 Å². The SMILES string of the molecule is Cc1ccc(N)c(OC=C2CNCCO2)c1.Cl. The highest BCUT2D eigenvalue weighted by atomic mass is 35.5. The summed E-state index contributed by atoms with van der Waals surface area (Å²) in [5.74, 6) is 1.47. The Morgan fingerprint density at radius 3 is 3.00 bits per heavy atom. The van der Waals surface area contributed by atoms with Gasteiger partial charge in [-0.25, -0.2) is 0 Å².